The number of hydrogen-bond acceptors (Lipinski definition) is 5. The lowest BCUT2D eigenvalue weighted by Crippen LogP contribution is -2.54. The van der Waals surface area contributed by atoms with E-state index in [4.69, 9.17) is 9.15 Å². The minimum atomic E-state index is -0.799. The van der Waals surface area contributed by atoms with E-state index in [-0.39, 0.29) is 5.57 Å². The van der Waals surface area contributed by atoms with Crippen LogP contribution in [0.2, 0.25) is 0 Å². The lowest BCUT2D eigenvalue weighted by atomic mass is 10.1. The lowest BCUT2D eigenvalue weighted by molar-refractivity contribution is -0.122. The summed E-state index contributed by atoms with van der Waals surface area (Å²) in [6, 6.07) is 9.00. The SMILES string of the molecule is COc1ccc(N2C(=O)NC(=O)/C(=C\C=C\c3ccco3)C2=O)cc1. The van der Waals surface area contributed by atoms with Crippen LogP contribution in [0.5, 0.6) is 5.75 Å². The summed E-state index contributed by atoms with van der Waals surface area (Å²) in [7, 11) is 1.51. The van der Waals surface area contributed by atoms with Crippen molar-refractivity contribution in [2.24, 2.45) is 0 Å². The van der Waals surface area contributed by atoms with E-state index in [1.165, 1.54) is 25.5 Å². The Morgan fingerprint density at radius 1 is 1.12 bits per heavy atom. The number of barbiturate groups is 1. The van der Waals surface area contributed by atoms with Crippen LogP contribution in [0, 0.1) is 0 Å². The molecule has 0 bridgehead atoms. The maximum absolute atomic E-state index is 12.6. The van der Waals surface area contributed by atoms with Gasteiger partial charge in [0.05, 0.1) is 19.1 Å². The van der Waals surface area contributed by atoms with Crippen LogP contribution in [-0.2, 0) is 9.59 Å². The zero-order valence-electron chi connectivity index (χ0n) is 13.3. The topological polar surface area (TPSA) is 88.8 Å². The third kappa shape index (κ3) is 3.35. The lowest BCUT2D eigenvalue weighted by Gasteiger charge is -2.26. The van der Waals surface area contributed by atoms with Gasteiger partial charge in [0.2, 0.25) is 0 Å². The van der Waals surface area contributed by atoms with E-state index in [2.05, 4.69) is 5.32 Å². The van der Waals surface area contributed by atoms with Crippen LogP contribution in [0.3, 0.4) is 0 Å². The highest BCUT2D eigenvalue weighted by molar-refractivity contribution is 6.37. The fourth-order valence-corrected chi connectivity index (χ4v) is 2.27. The van der Waals surface area contributed by atoms with Gasteiger partial charge in [-0.15, -0.1) is 0 Å². The van der Waals surface area contributed by atoms with Gasteiger partial charge in [-0.05, 0) is 48.6 Å². The number of amides is 4. The summed E-state index contributed by atoms with van der Waals surface area (Å²) in [5, 5.41) is 2.15. The molecule has 1 fully saturated rings. The molecule has 0 spiro atoms. The molecule has 2 aromatic rings. The standard InChI is InChI=1S/C18H14N2O5/c1-24-13-9-7-12(8-10-13)20-17(22)15(16(21)19-18(20)23)6-2-4-14-5-3-11-25-14/h2-11H,1H3,(H,19,21,23)/b4-2+,15-6+. The Hall–Kier alpha value is -3.61. The first kappa shape index (κ1) is 16.3. The molecule has 7 heteroatoms. The molecule has 3 rings (SSSR count). The Morgan fingerprint density at radius 3 is 2.52 bits per heavy atom. The van der Waals surface area contributed by atoms with Crippen LogP contribution in [0.1, 0.15) is 5.76 Å². The Labute approximate surface area is 143 Å². The summed E-state index contributed by atoms with van der Waals surface area (Å²) in [6.45, 7) is 0. The predicted molar refractivity (Wildman–Crippen MR) is 89.8 cm³/mol. The van der Waals surface area contributed by atoms with Gasteiger partial charge in [0, 0.05) is 0 Å². The second-order valence-corrected chi connectivity index (χ2v) is 5.05. The third-order valence-electron chi connectivity index (χ3n) is 3.50. The average molecular weight is 338 g/mol. The zero-order valence-corrected chi connectivity index (χ0v) is 13.3. The Bertz CT molecular complexity index is 863. The van der Waals surface area contributed by atoms with Gasteiger partial charge in [-0.3, -0.25) is 14.9 Å². The van der Waals surface area contributed by atoms with Crippen molar-refractivity contribution < 1.29 is 23.5 Å². The molecule has 0 saturated carbocycles. The highest BCUT2D eigenvalue weighted by atomic mass is 16.5. The van der Waals surface area contributed by atoms with Gasteiger partial charge in [-0.25, -0.2) is 9.69 Å². The Kier molecular flexibility index (Phi) is 4.47. The fraction of sp³-hybridized carbons (Fsp3) is 0.0556. The number of carbonyl (C=O) groups excluding carboxylic acids is 3. The van der Waals surface area contributed by atoms with Crippen molar-refractivity contribution in [1.82, 2.24) is 5.32 Å². The number of rotatable bonds is 4. The summed E-state index contributed by atoms with van der Waals surface area (Å²) in [6.07, 6.45) is 5.95. The van der Waals surface area contributed by atoms with Gasteiger partial charge in [0.15, 0.2) is 0 Å². The van der Waals surface area contributed by atoms with Crippen LogP contribution in [0.25, 0.3) is 6.08 Å². The highest BCUT2D eigenvalue weighted by Gasteiger charge is 2.36. The van der Waals surface area contributed by atoms with E-state index in [9.17, 15) is 14.4 Å². The van der Waals surface area contributed by atoms with Gasteiger partial charge in [0.1, 0.15) is 17.1 Å². The minimum Gasteiger partial charge on any atom is -0.497 e. The number of hydrogen-bond donors (Lipinski definition) is 1. The number of nitrogens with one attached hydrogen (secondary N) is 1. The van der Waals surface area contributed by atoms with E-state index in [1.54, 1.807) is 42.5 Å². The first-order valence-electron chi connectivity index (χ1n) is 7.36. The molecule has 1 aliphatic rings. The molecule has 1 aromatic heterocycles. The molecule has 0 radical (unpaired) electrons. The fourth-order valence-electron chi connectivity index (χ4n) is 2.27. The number of allylic oxidation sites excluding steroid dienone is 2. The van der Waals surface area contributed by atoms with E-state index in [0.29, 0.717) is 17.2 Å². The summed E-state index contributed by atoms with van der Waals surface area (Å²) in [5.41, 5.74) is 0.176. The van der Waals surface area contributed by atoms with E-state index < -0.39 is 17.8 Å². The molecule has 4 amide bonds. The van der Waals surface area contributed by atoms with Crippen molar-refractivity contribution in [1.29, 1.82) is 0 Å². The van der Waals surface area contributed by atoms with Crippen LogP contribution >= 0.6 is 0 Å². The first-order valence-corrected chi connectivity index (χ1v) is 7.36. The van der Waals surface area contributed by atoms with Crippen LogP contribution in [0.15, 0.2) is 64.8 Å². The van der Waals surface area contributed by atoms with Crippen molar-refractivity contribution in [3.63, 3.8) is 0 Å². The van der Waals surface area contributed by atoms with E-state index in [0.717, 1.165) is 4.90 Å². The predicted octanol–water partition coefficient (Wildman–Crippen LogP) is 2.51. The summed E-state index contributed by atoms with van der Waals surface area (Å²) >= 11 is 0. The molecule has 0 atom stereocenters. The molecule has 25 heavy (non-hydrogen) atoms. The maximum atomic E-state index is 12.6. The normalized spacial score (nSPS) is 16.6. The number of urea groups is 1. The molecular weight excluding hydrogens is 324 g/mol. The molecule has 1 saturated heterocycles. The number of methoxy groups -OCH3 is 1. The highest BCUT2D eigenvalue weighted by Crippen LogP contribution is 2.23. The number of furan rings is 1. The molecule has 7 nitrogen and oxygen atoms in total. The first-order chi connectivity index (χ1) is 12.1. The van der Waals surface area contributed by atoms with Crippen LogP contribution in [-0.4, -0.2) is 25.0 Å². The van der Waals surface area contributed by atoms with Gasteiger partial charge >= 0.3 is 6.03 Å². The van der Waals surface area contributed by atoms with E-state index >= 15 is 0 Å². The largest absolute Gasteiger partial charge is 0.497 e. The smallest absolute Gasteiger partial charge is 0.335 e. The second-order valence-electron chi connectivity index (χ2n) is 5.05. The molecular formula is C18H14N2O5. The monoisotopic (exact) mass is 338 g/mol. The van der Waals surface area contributed by atoms with Crippen LogP contribution in [0.4, 0.5) is 10.5 Å². The molecule has 1 aromatic carbocycles. The van der Waals surface area contributed by atoms with Crippen molar-refractivity contribution in [2.75, 3.05) is 12.0 Å². The number of ether oxygens (including phenoxy) is 1. The van der Waals surface area contributed by atoms with Crippen LogP contribution < -0.4 is 15.0 Å². The van der Waals surface area contributed by atoms with Gasteiger partial charge in [0.25, 0.3) is 11.8 Å². The van der Waals surface area contributed by atoms with Crippen molar-refractivity contribution in [3.8, 4) is 5.75 Å². The molecule has 0 aliphatic carbocycles. The third-order valence-corrected chi connectivity index (χ3v) is 3.50. The zero-order chi connectivity index (χ0) is 17.8. The maximum Gasteiger partial charge on any atom is 0.335 e. The minimum absolute atomic E-state index is 0.154. The Morgan fingerprint density at radius 2 is 1.88 bits per heavy atom. The molecule has 1 N–H and O–H groups in total. The van der Waals surface area contributed by atoms with Crippen molar-refractivity contribution >= 4 is 29.6 Å². The second kappa shape index (κ2) is 6.88. The van der Waals surface area contributed by atoms with Gasteiger partial charge in [-0.1, -0.05) is 6.08 Å². The number of nitrogens with zero attached hydrogens (tertiary/aromatic N) is 1. The quantitative estimate of drug-likeness (QED) is 0.683. The summed E-state index contributed by atoms with van der Waals surface area (Å²) in [5.74, 6) is -0.294. The van der Waals surface area contributed by atoms with Crippen molar-refractivity contribution in [3.05, 3.63) is 66.1 Å². The van der Waals surface area contributed by atoms with E-state index in [1.807, 2.05) is 0 Å². The number of benzene rings is 1. The molecule has 2 heterocycles. The average Bonchev–Trinajstić information content (AvgIpc) is 3.11. The molecule has 0 unspecified atom stereocenters. The number of carbonyl (C=O) groups is 3. The van der Waals surface area contributed by atoms with Crippen molar-refractivity contribution in [2.45, 2.75) is 0 Å². The summed E-state index contributed by atoms with van der Waals surface area (Å²) in [4.78, 5) is 37.5. The molecule has 1 aliphatic heterocycles. The summed E-state index contributed by atoms with van der Waals surface area (Å²) < 4.78 is 10.2. The Balaban J connectivity index is 1.88. The molecule has 126 valence electrons. The van der Waals surface area contributed by atoms with Gasteiger partial charge in [-0.2, -0.15) is 0 Å². The number of imide groups is 2. The number of anilines is 1. The van der Waals surface area contributed by atoms with Gasteiger partial charge < -0.3 is 9.15 Å².